The van der Waals surface area contributed by atoms with Crippen LogP contribution in [0, 0.1) is 5.82 Å². The lowest BCUT2D eigenvalue weighted by molar-refractivity contribution is 0.593. The van der Waals surface area contributed by atoms with E-state index in [9.17, 15) is 4.39 Å². The first-order valence-electron chi connectivity index (χ1n) is 5.20. The SMILES string of the molecule is CNCC1CCCN1c1ncc(F)cn1. The van der Waals surface area contributed by atoms with Crippen LogP contribution >= 0.6 is 0 Å². The van der Waals surface area contributed by atoms with Crippen LogP contribution < -0.4 is 10.2 Å². The van der Waals surface area contributed by atoms with Crippen molar-refractivity contribution in [1.82, 2.24) is 15.3 Å². The fourth-order valence-corrected chi connectivity index (χ4v) is 2.00. The van der Waals surface area contributed by atoms with Gasteiger partial charge < -0.3 is 10.2 Å². The number of likely N-dealkylation sites (N-methyl/N-ethyl adjacent to an activating group) is 1. The van der Waals surface area contributed by atoms with Crippen molar-refractivity contribution in [3.63, 3.8) is 0 Å². The molecule has 2 heterocycles. The van der Waals surface area contributed by atoms with Gasteiger partial charge in [-0.3, -0.25) is 0 Å². The van der Waals surface area contributed by atoms with Crippen LogP contribution in [0.5, 0.6) is 0 Å². The lowest BCUT2D eigenvalue weighted by Gasteiger charge is -2.24. The number of aromatic nitrogens is 2. The first-order valence-corrected chi connectivity index (χ1v) is 5.20. The van der Waals surface area contributed by atoms with Gasteiger partial charge >= 0.3 is 0 Å². The van der Waals surface area contributed by atoms with Gasteiger partial charge in [0.2, 0.25) is 5.95 Å². The van der Waals surface area contributed by atoms with E-state index in [0.29, 0.717) is 12.0 Å². The van der Waals surface area contributed by atoms with Crippen molar-refractivity contribution in [3.05, 3.63) is 18.2 Å². The van der Waals surface area contributed by atoms with Crippen LogP contribution in [-0.2, 0) is 0 Å². The van der Waals surface area contributed by atoms with E-state index in [2.05, 4.69) is 20.2 Å². The summed E-state index contributed by atoms with van der Waals surface area (Å²) in [5, 5.41) is 3.15. The molecule has 0 amide bonds. The van der Waals surface area contributed by atoms with Crippen LogP contribution in [0.1, 0.15) is 12.8 Å². The van der Waals surface area contributed by atoms with Gasteiger partial charge in [0.25, 0.3) is 0 Å². The lowest BCUT2D eigenvalue weighted by Crippen LogP contribution is -2.37. The highest BCUT2D eigenvalue weighted by Gasteiger charge is 2.25. The monoisotopic (exact) mass is 210 g/mol. The molecular formula is C10H15FN4. The second-order valence-electron chi connectivity index (χ2n) is 3.75. The predicted molar refractivity (Wildman–Crippen MR) is 56.3 cm³/mol. The third kappa shape index (κ3) is 2.23. The minimum absolute atomic E-state index is 0.386. The van der Waals surface area contributed by atoms with Crippen LogP contribution in [0.3, 0.4) is 0 Å². The molecule has 2 rings (SSSR count). The molecule has 1 aliphatic heterocycles. The van der Waals surface area contributed by atoms with Crippen molar-refractivity contribution in [2.45, 2.75) is 18.9 Å². The second kappa shape index (κ2) is 4.53. The van der Waals surface area contributed by atoms with Crippen molar-refractivity contribution in [1.29, 1.82) is 0 Å². The minimum Gasteiger partial charge on any atom is -0.337 e. The molecule has 0 saturated carbocycles. The normalized spacial score (nSPS) is 20.9. The third-order valence-electron chi connectivity index (χ3n) is 2.68. The van der Waals surface area contributed by atoms with Gasteiger partial charge in [-0.2, -0.15) is 0 Å². The Morgan fingerprint density at radius 2 is 2.27 bits per heavy atom. The molecule has 1 fully saturated rings. The first-order chi connectivity index (χ1) is 7.31. The predicted octanol–water partition coefficient (Wildman–Crippen LogP) is 0.804. The lowest BCUT2D eigenvalue weighted by atomic mass is 10.2. The number of hydrogen-bond acceptors (Lipinski definition) is 4. The Morgan fingerprint density at radius 1 is 1.53 bits per heavy atom. The summed E-state index contributed by atoms with van der Waals surface area (Å²) < 4.78 is 12.7. The van der Waals surface area contributed by atoms with Gasteiger partial charge in [0.05, 0.1) is 12.4 Å². The van der Waals surface area contributed by atoms with Crippen molar-refractivity contribution in [2.24, 2.45) is 0 Å². The van der Waals surface area contributed by atoms with Crippen molar-refractivity contribution in [3.8, 4) is 0 Å². The zero-order valence-corrected chi connectivity index (χ0v) is 8.78. The van der Waals surface area contributed by atoms with E-state index in [1.165, 1.54) is 12.4 Å². The molecule has 1 N–H and O–H groups in total. The number of anilines is 1. The van der Waals surface area contributed by atoms with Gasteiger partial charge in [0.1, 0.15) is 0 Å². The number of hydrogen-bond donors (Lipinski definition) is 1. The highest BCUT2D eigenvalue weighted by atomic mass is 19.1. The molecule has 1 atom stereocenters. The van der Waals surface area contributed by atoms with Gasteiger partial charge in [0, 0.05) is 19.1 Å². The molecule has 5 heteroatoms. The Kier molecular flexibility index (Phi) is 3.11. The largest absolute Gasteiger partial charge is 0.337 e. The summed E-state index contributed by atoms with van der Waals surface area (Å²) in [6.45, 7) is 1.87. The zero-order valence-electron chi connectivity index (χ0n) is 8.78. The van der Waals surface area contributed by atoms with Crippen LogP contribution in [0.4, 0.5) is 10.3 Å². The van der Waals surface area contributed by atoms with Gasteiger partial charge in [0.15, 0.2) is 5.82 Å². The van der Waals surface area contributed by atoms with E-state index in [1.807, 2.05) is 7.05 Å². The second-order valence-corrected chi connectivity index (χ2v) is 3.75. The molecule has 0 aliphatic carbocycles. The molecular weight excluding hydrogens is 195 g/mol. The summed E-state index contributed by atoms with van der Waals surface area (Å²) in [5.74, 6) is 0.247. The maximum Gasteiger partial charge on any atom is 0.225 e. The Labute approximate surface area is 88.5 Å². The van der Waals surface area contributed by atoms with E-state index in [-0.39, 0.29) is 5.82 Å². The van der Waals surface area contributed by atoms with Crippen LogP contribution in [0.15, 0.2) is 12.4 Å². The van der Waals surface area contributed by atoms with E-state index in [0.717, 1.165) is 25.9 Å². The summed E-state index contributed by atoms with van der Waals surface area (Å²) >= 11 is 0. The van der Waals surface area contributed by atoms with Gasteiger partial charge in [-0.1, -0.05) is 0 Å². The van der Waals surface area contributed by atoms with Crippen LogP contribution in [0.2, 0.25) is 0 Å². The topological polar surface area (TPSA) is 41.0 Å². The molecule has 0 radical (unpaired) electrons. The number of nitrogens with zero attached hydrogens (tertiary/aromatic N) is 3. The highest BCUT2D eigenvalue weighted by Crippen LogP contribution is 2.21. The number of rotatable bonds is 3. The van der Waals surface area contributed by atoms with E-state index >= 15 is 0 Å². The van der Waals surface area contributed by atoms with Gasteiger partial charge in [-0.05, 0) is 19.9 Å². The highest BCUT2D eigenvalue weighted by molar-refractivity contribution is 5.32. The van der Waals surface area contributed by atoms with Crippen molar-refractivity contribution >= 4 is 5.95 Å². The molecule has 1 saturated heterocycles. The maximum atomic E-state index is 12.7. The molecule has 1 aromatic heterocycles. The number of halogens is 1. The Morgan fingerprint density at radius 3 is 2.93 bits per heavy atom. The summed E-state index contributed by atoms with van der Waals surface area (Å²) in [6, 6.07) is 0.431. The molecule has 82 valence electrons. The minimum atomic E-state index is -0.386. The molecule has 1 aliphatic rings. The van der Waals surface area contributed by atoms with Crippen LogP contribution in [0.25, 0.3) is 0 Å². The van der Waals surface area contributed by atoms with Crippen molar-refractivity contribution in [2.75, 3.05) is 25.0 Å². The Balaban J connectivity index is 2.11. The summed E-state index contributed by atoms with van der Waals surface area (Å²) in [6.07, 6.45) is 4.73. The van der Waals surface area contributed by atoms with Crippen molar-refractivity contribution < 1.29 is 4.39 Å². The van der Waals surface area contributed by atoms with Gasteiger partial charge in [-0.25, -0.2) is 14.4 Å². The molecule has 0 aromatic carbocycles. The average molecular weight is 210 g/mol. The van der Waals surface area contributed by atoms with E-state index in [1.54, 1.807) is 0 Å². The molecule has 0 bridgehead atoms. The third-order valence-corrected chi connectivity index (χ3v) is 2.68. The molecule has 1 aromatic rings. The fraction of sp³-hybridized carbons (Fsp3) is 0.600. The fourth-order valence-electron chi connectivity index (χ4n) is 2.00. The molecule has 0 spiro atoms. The number of nitrogens with one attached hydrogen (secondary N) is 1. The standard InChI is InChI=1S/C10H15FN4/c1-12-7-9-3-2-4-15(9)10-13-5-8(11)6-14-10/h5-6,9,12H,2-4,7H2,1H3. The van der Waals surface area contributed by atoms with E-state index < -0.39 is 0 Å². The first kappa shape index (κ1) is 10.3. The van der Waals surface area contributed by atoms with Crippen LogP contribution in [-0.4, -0.2) is 36.1 Å². The summed E-state index contributed by atoms with van der Waals surface area (Å²) in [7, 11) is 1.93. The van der Waals surface area contributed by atoms with E-state index in [4.69, 9.17) is 0 Å². The maximum absolute atomic E-state index is 12.7. The molecule has 4 nitrogen and oxygen atoms in total. The Bertz CT molecular complexity index is 314. The van der Waals surface area contributed by atoms with Gasteiger partial charge in [-0.15, -0.1) is 0 Å². The average Bonchev–Trinajstić information content (AvgIpc) is 2.68. The smallest absolute Gasteiger partial charge is 0.225 e. The molecule has 15 heavy (non-hydrogen) atoms. The molecule has 1 unspecified atom stereocenters. The summed E-state index contributed by atoms with van der Waals surface area (Å²) in [4.78, 5) is 10.1. The zero-order chi connectivity index (χ0) is 10.7. The Hall–Kier alpha value is -1.23. The summed E-state index contributed by atoms with van der Waals surface area (Å²) in [5.41, 5.74) is 0. The quantitative estimate of drug-likeness (QED) is 0.801.